The van der Waals surface area contributed by atoms with Crippen LogP contribution < -0.4 is 10.2 Å². The summed E-state index contributed by atoms with van der Waals surface area (Å²) in [6.45, 7) is 9.51. The van der Waals surface area contributed by atoms with Gasteiger partial charge in [0.05, 0.1) is 6.54 Å². The van der Waals surface area contributed by atoms with Gasteiger partial charge in [-0.15, -0.1) is 11.3 Å². The molecule has 0 saturated carbocycles. The third-order valence-corrected chi connectivity index (χ3v) is 4.80. The zero-order chi connectivity index (χ0) is 15.2. The number of nitrogens with one attached hydrogen (secondary N) is 1. The maximum Gasteiger partial charge on any atom is 0.0525 e. The van der Waals surface area contributed by atoms with Gasteiger partial charge in [-0.25, -0.2) is 0 Å². The second-order valence-electron chi connectivity index (χ2n) is 5.35. The molecule has 4 heteroatoms. The molecular weight excluding hydrogens is 344 g/mol. The minimum Gasteiger partial charge on any atom is -0.364 e. The highest BCUT2D eigenvalue weighted by Gasteiger charge is 2.15. The first kappa shape index (κ1) is 16.5. The second-order valence-corrected chi connectivity index (χ2v) is 7.30. The van der Waals surface area contributed by atoms with Crippen LogP contribution in [0.25, 0.3) is 0 Å². The van der Waals surface area contributed by atoms with Crippen molar-refractivity contribution >= 4 is 33.0 Å². The molecule has 2 aromatic rings. The summed E-state index contributed by atoms with van der Waals surface area (Å²) in [4.78, 5) is 3.88. The van der Waals surface area contributed by atoms with Gasteiger partial charge >= 0.3 is 0 Å². The number of benzene rings is 1. The van der Waals surface area contributed by atoms with Gasteiger partial charge in [0.25, 0.3) is 0 Å². The molecule has 1 aromatic heterocycles. The molecule has 0 aliphatic rings. The third-order valence-electron chi connectivity index (χ3n) is 3.45. The number of hydrogen-bond acceptors (Lipinski definition) is 3. The van der Waals surface area contributed by atoms with E-state index in [0.717, 1.165) is 24.1 Å². The molecule has 0 fully saturated rings. The maximum absolute atomic E-state index is 3.59. The summed E-state index contributed by atoms with van der Waals surface area (Å²) in [7, 11) is 0. The Morgan fingerprint density at radius 1 is 1.29 bits per heavy atom. The maximum atomic E-state index is 3.59. The molecule has 0 spiro atoms. The molecule has 21 heavy (non-hydrogen) atoms. The highest BCUT2D eigenvalue weighted by Crippen LogP contribution is 2.28. The minimum absolute atomic E-state index is 0.466. The zero-order valence-electron chi connectivity index (χ0n) is 12.9. The average Bonchev–Trinajstić information content (AvgIpc) is 2.96. The van der Waals surface area contributed by atoms with Crippen LogP contribution in [-0.4, -0.2) is 12.6 Å². The Labute approximate surface area is 140 Å². The van der Waals surface area contributed by atoms with Gasteiger partial charge < -0.3 is 10.2 Å². The summed E-state index contributed by atoms with van der Waals surface area (Å²) in [6.07, 6.45) is 0. The molecule has 1 heterocycles. The van der Waals surface area contributed by atoms with Crippen molar-refractivity contribution in [2.45, 2.75) is 39.9 Å². The zero-order valence-corrected chi connectivity index (χ0v) is 15.3. The van der Waals surface area contributed by atoms with Crippen LogP contribution in [0.2, 0.25) is 0 Å². The van der Waals surface area contributed by atoms with Crippen LogP contribution in [-0.2, 0) is 13.1 Å². The van der Waals surface area contributed by atoms with Gasteiger partial charge in [-0.1, -0.05) is 28.9 Å². The van der Waals surface area contributed by atoms with Crippen molar-refractivity contribution in [2.24, 2.45) is 0 Å². The normalized spacial score (nSPS) is 11.1. The van der Waals surface area contributed by atoms with Crippen molar-refractivity contribution in [3.8, 4) is 0 Å². The van der Waals surface area contributed by atoms with Crippen molar-refractivity contribution in [2.75, 3.05) is 11.4 Å². The summed E-state index contributed by atoms with van der Waals surface area (Å²) in [6, 6.07) is 11.4. The Kier molecular flexibility index (Phi) is 6.27. The number of halogens is 1. The summed E-state index contributed by atoms with van der Waals surface area (Å²) in [5.74, 6) is 0. The topological polar surface area (TPSA) is 15.3 Å². The largest absolute Gasteiger partial charge is 0.364 e. The summed E-state index contributed by atoms with van der Waals surface area (Å²) in [5, 5.41) is 5.59. The Morgan fingerprint density at radius 2 is 2.10 bits per heavy atom. The lowest BCUT2D eigenvalue weighted by Crippen LogP contribution is -2.31. The molecule has 0 atom stereocenters. The summed E-state index contributed by atoms with van der Waals surface area (Å²) in [5.41, 5.74) is 2.67. The SMILES string of the molecule is CCNCc1cc(Br)ccc1N(Cc1cccs1)C(C)C. The van der Waals surface area contributed by atoms with Crippen LogP contribution in [0.15, 0.2) is 40.2 Å². The van der Waals surface area contributed by atoms with Crippen LogP contribution in [0.3, 0.4) is 0 Å². The molecule has 0 aliphatic heterocycles. The van der Waals surface area contributed by atoms with E-state index < -0.39 is 0 Å². The van der Waals surface area contributed by atoms with E-state index in [1.54, 1.807) is 0 Å². The number of hydrogen-bond donors (Lipinski definition) is 1. The first-order valence-electron chi connectivity index (χ1n) is 7.40. The molecule has 2 nitrogen and oxygen atoms in total. The highest BCUT2D eigenvalue weighted by molar-refractivity contribution is 9.10. The number of thiophene rings is 1. The first-order valence-corrected chi connectivity index (χ1v) is 9.07. The summed E-state index contributed by atoms with van der Waals surface area (Å²) >= 11 is 5.41. The lowest BCUT2D eigenvalue weighted by molar-refractivity contribution is 0.671. The number of nitrogens with zero attached hydrogens (tertiary/aromatic N) is 1. The molecule has 0 aliphatic carbocycles. The van der Waals surface area contributed by atoms with E-state index in [0.29, 0.717) is 6.04 Å². The van der Waals surface area contributed by atoms with Gasteiger partial charge in [-0.2, -0.15) is 0 Å². The second kappa shape index (κ2) is 7.97. The van der Waals surface area contributed by atoms with Crippen molar-refractivity contribution in [1.82, 2.24) is 5.32 Å². The lowest BCUT2D eigenvalue weighted by atomic mass is 10.1. The molecule has 2 rings (SSSR count). The first-order chi connectivity index (χ1) is 10.1. The Balaban J connectivity index is 2.30. The van der Waals surface area contributed by atoms with Crippen molar-refractivity contribution in [1.29, 1.82) is 0 Å². The molecule has 0 bridgehead atoms. The predicted molar refractivity (Wildman–Crippen MR) is 97.2 cm³/mol. The average molecular weight is 367 g/mol. The van der Waals surface area contributed by atoms with Crippen molar-refractivity contribution in [3.63, 3.8) is 0 Å². The lowest BCUT2D eigenvalue weighted by Gasteiger charge is -2.31. The van der Waals surface area contributed by atoms with Crippen LogP contribution in [0.5, 0.6) is 0 Å². The molecule has 1 N–H and O–H groups in total. The van der Waals surface area contributed by atoms with Gasteiger partial charge in [-0.05, 0) is 55.6 Å². The summed E-state index contributed by atoms with van der Waals surface area (Å²) < 4.78 is 1.14. The molecule has 0 amide bonds. The van der Waals surface area contributed by atoms with Gasteiger partial charge in [0.2, 0.25) is 0 Å². The molecule has 1 aromatic carbocycles. The van der Waals surface area contributed by atoms with E-state index >= 15 is 0 Å². The van der Waals surface area contributed by atoms with Crippen molar-refractivity contribution < 1.29 is 0 Å². The van der Waals surface area contributed by atoms with Crippen LogP contribution in [0.4, 0.5) is 5.69 Å². The van der Waals surface area contributed by atoms with Gasteiger partial charge in [0.15, 0.2) is 0 Å². The van der Waals surface area contributed by atoms with E-state index in [2.05, 4.69) is 82.6 Å². The monoisotopic (exact) mass is 366 g/mol. The molecule has 114 valence electrons. The number of rotatable bonds is 7. The smallest absolute Gasteiger partial charge is 0.0525 e. The Morgan fingerprint density at radius 3 is 2.71 bits per heavy atom. The minimum atomic E-state index is 0.466. The fourth-order valence-electron chi connectivity index (χ4n) is 2.35. The van der Waals surface area contributed by atoms with E-state index in [1.807, 2.05) is 11.3 Å². The van der Waals surface area contributed by atoms with Gasteiger partial charge in [-0.3, -0.25) is 0 Å². The Bertz CT molecular complexity index is 552. The molecular formula is C17H23BrN2S. The standard InChI is InChI=1S/C17H23BrN2S/c1-4-19-11-14-10-15(18)7-8-17(14)20(13(2)3)12-16-6-5-9-21-16/h5-10,13,19H,4,11-12H2,1-3H3. The van der Waals surface area contributed by atoms with E-state index in [9.17, 15) is 0 Å². The van der Waals surface area contributed by atoms with Crippen LogP contribution >= 0.6 is 27.3 Å². The molecule has 0 saturated heterocycles. The van der Waals surface area contributed by atoms with E-state index in [1.165, 1.54) is 16.1 Å². The number of anilines is 1. The highest BCUT2D eigenvalue weighted by atomic mass is 79.9. The fourth-order valence-corrected chi connectivity index (χ4v) is 3.46. The van der Waals surface area contributed by atoms with E-state index in [4.69, 9.17) is 0 Å². The van der Waals surface area contributed by atoms with Crippen molar-refractivity contribution in [3.05, 3.63) is 50.6 Å². The van der Waals surface area contributed by atoms with Gasteiger partial charge in [0, 0.05) is 27.6 Å². The van der Waals surface area contributed by atoms with E-state index in [-0.39, 0.29) is 0 Å². The molecule has 0 radical (unpaired) electrons. The third kappa shape index (κ3) is 4.56. The quantitative estimate of drug-likeness (QED) is 0.738. The van der Waals surface area contributed by atoms with Crippen LogP contribution in [0, 0.1) is 0 Å². The molecule has 0 unspecified atom stereocenters. The Hall–Kier alpha value is -0.840. The predicted octanol–water partition coefficient (Wildman–Crippen LogP) is 5.04. The fraction of sp³-hybridized carbons (Fsp3) is 0.412. The van der Waals surface area contributed by atoms with Crippen LogP contribution in [0.1, 0.15) is 31.2 Å². The van der Waals surface area contributed by atoms with Gasteiger partial charge in [0.1, 0.15) is 0 Å².